The third kappa shape index (κ3) is 4.78. The van der Waals surface area contributed by atoms with Crippen LogP contribution in [0, 0.1) is 0 Å². The molecule has 5 rings (SSSR count). The molecule has 0 spiro atoms. The second-order valence-corrected chi connectivity index (χ2v) is 8.73. The Kier molecular flexibility index (Phi) is 6.13. The molecule has 0 unspecified atom stereocenters. The molecule has 7 heteroatoms. The van der Waals surface area contributed by atoms with Crippen LogP contribution in [0.4, 0.5) is 0 Å². The number of hydrogen-bond acceptors (Lipinski definition) is 6. The van der Waals surface area contributed by atoms with Crippen molar-refractivity contribution in [2.24, 2.45) is 0 Å². The maximum absolute atomic E-state index is 12.8. The van der Waals surface area contributed by atoms with Crippen molar-refractivity contribution in [1.82, 2.24) is 9.88 Å². The second kappa shape index (κ2) is 9.50. The molecule has 1 aromatic heterocycles. The van der Waals surface area contributed by atoms with Gasteiger partial charge in [-0.25, -0.2) is 9.78 Å². The number of para-hydroxylation sites is 2. The van der Waals surface area contributed by atoms with Gasteiger partial charge in [0.1, 0.15) is 5.52 Å². The van der Waals surface area contributed by atoms with Gasteiger partial charge in [-0.3, -0.25) is 4.79 Å². The molecule has 2 heterocycles. The highest BCUT2D eigenvalue weighted by Gasteiger charge is 2.22. The number of carbonyl (C=O) groups excluding carboxylic acids is 2. The molecular weight excluding hydrogens is 436 g/mol. The first kappa shape index (κ1) is 21.3. The van der Waals surface area contributed by atoms with Crippen LogP contribution >= 0.6 is 11.8 Å². The molecule has 1 aliphatic heterocycles. The molecule has 0 aliphatic carbocycles. The largest absolute Gasteiger partial charge is 0.452 e. The maximum atomic E-state index is 12.8. The van der Waals surface area contributed by atoms with E-state index in [1.807, 2.05) is 54.6 Å². The van der Waals surface area contributed by atoms with E-state index in [1.54, 1.807) is 17.0 Å². The lowest BCUT2D eigenvalue weighted by molar-refractivity contribution is -0.135. The summed E-state index contributed by atoms with van der Waals surface area (Å²) in [5.74, 6) is -0.194. The highest BCUT2D eigenvalue weighted by molar-refractivity contribution is 7.98. The zero-order valence-corrected chi connectivity index (χ0v) is 18.7. The van der Waals surface area contributed by atoms with E-state index in [-0.39, 0.29) is 12.5 Å². The minimum absolute atomic E-state index is 0.184. The minimum atomic E-state index is -0.505. The Morgan fingerprint density at radius 3 is 2.61 bits per heavy atom. The minimum Gasteiger partial charge on any atom is -0.452 e. The molecule has 0 N–H and O–H groups in total. The van der Waals surface area contributed by atoms with Crippen LogP contribution in [0.1, 0.15) is 27.0 Å². The lowest BCUT2D eigenvalue weighted by atomic mass is 10.00. The number of rotatable bonds is 6. The van der Waals surface area contributed by atoms with Gasteiger partial charge in [0.25, 0.3) is 11.1 Å². The molecule has 0 bridgehead atoms. The second-order valence-electron chi connectivity index (χ2n) is 7.80. The van der Waals surface area contributed by atoms with Crippen LogP contribution in [0.2, 0.25) is 0 Å². The number of ether oxygens (including phenoxy) is 1. The highest BCUT2D eigenvalue weighted by Crippen LogP contribution is 2.27. The molecule has 0 radical (unpaired) electrons. The summed E-state index contributed by atoms with van der Waals surface area (Å²) in [5.41, 5.74) is 5.18. The first-order valence-electron chi connectivity index (χ1n) is 10.8. The number of nitrogens with zero attached hydrogens (tertiary/aromatic N) is 2. The number of carbonyl (C=O) groups is 2. The van der Waals surface area contributed by atoms with Gasteiger partial charge in [0, 0.05) is 18.8 Å². The normalized spacial score (nSPS) is 13.0. The maximum Gasteiger partial charge on any atom is 0.338 e. The van der Waals surface area contributed by atoms with Crippen molar-refractivity contribution < 1.29 is 18.7 Å². The van der Waals surface area contributed by atoms with Crippen molar-refractivity contribution in [3.8, 4) is 0 Å². The van der Waals surface area contributed by atoms with E-state index in [1.165, 1.54) is 17.3 Å². The number of amides is 1. The molecule has 3 aromatic carbocycles. The van der Waals surface area contributed by atoms with Gasteiger partial charge in [-0.1, -0.05) is 66.4 Å². The van der Waals surface area contributed by atoms with E-state index in [4.69, 9.17) is 9.15 Å². The third-order valence-electron chi connectivity index (χ3n) is 5.67. The average molecular weight is 459 g/mol. The number of aromatic nitrogens is 1. The molecule has 1 aliphatic rings. The first-order chi connectivity index (χ1) is 16.2. The van der Waals surface area contributed by atoms with Crippen molar-refractivity contribution in [2.45, 2.75) is 23.9 Å². The van der Waals surface area contributed by atoms with E-state index in [2.05, 4.69) is 11.1 Å². The Morgan fingerprint density at radius 1 is 0.970 bits per heavy atom. The van der Waals surface area contributed by atoms with E-state index < -0.39 is 5.97 Å². The van der Waals surface area contributed by atoms with Crippen LogP contribution in [0.15, 0.2) is 82.4 Å². The fraction of sp³-hybridized carbons (Fsp3) is 0.192. The van der Waals surface area contributed by atoms with Crippen molar-refractivity contribution in [3.63, 3.8) is 0 Å². The van der Waals surface area contributed by atoms with E-state index >= 15 is 0 Å². The summed E-state index contributed by atoms with van der Waals surface area (Å²) in [6, 6.07) is 22.9. The zero-order valence-electron chi connectivity index (χ0n) is 17.9. The molecule has 6 nitrogen and oxygen atoms in total. The molecular formula is C26H22N2O4S. The summed E-state index contributed by atoms with van der Waals surface area (Å²) in [6.45, 7) is 0.906. The monoisotopic (exact) mass is 458 g/mol. The Labute approximate surface area is 195 Å². The first-order valence-corrected chi connectivity index (χ1v) is 11.7. The smallest absolute Gasteiger partial charge is 0.338 e. The van der Waals surface area contributed by atoms with E-state index in [0.717, 1.165) is 28.6 Å². The zero-order chi connectivity index (χ0) is 22.6. The van der Waals surface area contributed by atoms with Gasteiger partial charge in [0.15, 0.2) is 12.2 Å². The van der Waals surface area contributed by atoms with Crippen molar-refractivity contribution in [1.29, 1.82) is 0 Å². The number of thioether (sulfide) groups is 1. The summed E-state index contributed by atoms with van der Waals surface area (Å²) in [4.78, 5) is 31.6. The molecule has 166 valence electrons. The van der Waals surface area contributed by atoms with Gasteiger partial charge < -0.3 is 14.1 Å². The number of esters is 1. The quantitative estimate of drug-likeness (QED) is 0.303. The Morgan fingerprint density at radius 2 is 1.73 bits per heavy atom. The molecule has 0 saturated carbocycles. The molecule has 0 saturated heterocycles. The molecule has 1 amide bonds. The fourth-order valence-electron chi connectivity index (χ4n) is 3.90. The molecule has 33 heavy (non-hydrogen) atoms. The topological polar surface area (TPSA) is 72.6 Å². The van der Waals surface area contributed by atoms with Gasteiger partial charge in [0.2, 0.25) is 0 Å². The van der Waals surface area contributed by atoms with Crippen molar-refractivity contribution in [3.05, 3.63) is 95.1 Å². The van der Waals surface area contributed by atoms with Crippen LogP contribution < -0.4 is 0 Å². The summed E-state index contributed by atoms with van der Waals surface area (Å²) in [7, 11) is 0. The Balaban J connectivity index is 1.20. The Hall–Kier alpha value is -3.58. The van der Waals surface area contributed by atoms with Gasteiger partial charge in [0.05, 0.1) is 5.56 Å². The van der Waals surface area contributed by atoms with Crippen LogP contribution in [0.5, 0.6) is 0 Å². The predicted molar refractivity (Wildman–Crippen MR) is 126 cm³/mol. The van der Waals surface area contributed by atoms with Gasteiger partial charge >= 0.3 is 5.97 Å². The van der Waals surface area contributed by atoms with E-state index in [9.17, 15) is 9.59 Å². The van der Waals surface area contributed by atoms with Crippen LogP contribution in [0.3, 0.4) is 0 Å². The summed E-state index contributed by atoms with van der Waals surface area (Å²) < 4.78 is 11.1. The number of hydrogen-bond donors (Lipinski definition) is 0. The Bertz CT molecular complexity index is 1280. The lowest BCUT2D eigenvalue weighted by Crippen LogP contribution is -2.38. The summed E-state index contributed by atoms with van der Waals surface area (Å²) in [5, 5.41) is 0.542. The number of oxazole rings is 1. The van der Waals surface area contributed by atoms with Gasteiger partial charge in [-0.15, -0.1) is 0 Å². The van der Waals surface area contributed by atoms with Crippen LogP contribution in [0.25, 0.3) is 11.1 Å². The van der Waals surface area contributed by atoms with Gasteiger partial charge in [-0.05, 0) is 41.3 Å². The molecule has 4 aromatic rings. The van der Waals surface area contributed by atoms with Crippen molar-refractivity contribution >= 4 is 34.7 Å². The van der Waals surface area contributed by atoms with Gasteiger partial charge in [-0.2, -0.15) is 0 Å². The summed E-state index contributed by atoms with van der Waals surface area (Å²) >= 11 is 1.41. The standard InChI is InChI=1S/C26H22N2O4S/c29-24(28-14-13-18-7-1-2-8-19(18)15-28)16-31-25(30)21-10-4-3-9-20(21)17-33-26-27-22-11-5-6-12-23(22)32-26/h1-12H,13-17H2. The van der Waals surface area contributed by atoms with E-state index in [0.29, 0.717) is 29.6 Å². The molecule has 0 atom stereocenters. The van der Waals surface area contributed by atoms with Crippen molar-refractivity contribution in [2.75, 3.05) is 13.2 Å². The average Bonchev–Trinajstić information content (AvgIpc) is 3.29. The third-order valence-corrected chi connectivity index (χ3v) is 6.55. The van der Waals surface area contributed by atoms with Crippen LogP contribution in [-0.4, -0.2) is 34.9 Å². The summed E-state index contributed by atoms with van der Waals surface area (Å²) in [6.07, 6.45) is 0.811. The fourth-order valence-corrected chi connectivity index (χ4v) is 4.74. The SMILES string of the molecule is O=C(OCC(=O)N1CCc2ccccc2C1)c1ccccc1CSc1nc2ccccc2o1. The molecule has 0 fully saturated rings. The number of benzene rings is 3. The lowest BCUT2D eigenvalue weighted by Gasteiger charge is -2.28. The number of fused-ring (bicyclic) bond motifs is 2. The highest BCUT2D eigenvalue weighted by atomic mass is 32.2. The predicted octanol–water partition coefficient (Wildman–Crippen LogP) is 4.86. The van der Waals surface area contributed by atoms with Crippen LogP contribution in [-0.2, 0) is 28.2 Å².